The fourth-order valence-electron chi connectivity index (χ4n) is 1.92. The average Bonchev–Trinajstić information content (AvgIpc) is 2.46. The lowest BCUT2D eigenvalue weighted by atomic mass is 10.2. The molecule has 0 spiro atoms. The molecule has 0 amide bonds. The molecule has 1 nitrogen and oxygen atoms in total. The first-order chi connectivity index (χ1) is 9.98. The second-order valence-corrected chi connectivity index (χ2v) is 7.38. The minimum Gasteiger partial charge on any atom is -0.371 e. The van der Waals surface area contributed by atoms with E-state index in [1.165, 1.54) is 15.9 Å². The van der Waals surface area contributed by atoms with E-state index in [0.717, 1.165) is 5.56 Å². The van der Waals surface area contributed by atoms with Gasteiger partial charge in [-0.2, -0.15) is 0 Å². The van der Waals surface area contributed by atoms with Crippen molar-refractivity contribution in [2.45, 2.75) is 33.0 Å². The highest BCUT2D eigenvalue weighted by atomic mass is 28.2. The lowest BCUT2D eigenvalue weighted by molar-refractivity contribution is -0.0146. The fourth-order valence-corrected chi connectivity index (χ4v) is 3.06. The first-order valence-electron chi connectivity index (χ1n) is 7.19. The first kappa shape index (κ1) is 15.7. The molecule has 0 bridgehead atoms. The van der Waals surface area contributed by atoms with Crippen LogP contribution >= 0.6 is 0 Å². The standard InChI is InChI=1S/C19H22OSi/c1-5-15-10-12-17(13-11-15)21-18-9-7-6-8-16(18)14-20-19(2,3)4/h5-13H,1,14H2,2-4H3. The molecule has 0 N–H and O–H groups in total. The van der Waals surface area contributed by atoms with Crippen LogP contribution < -0.4 is 10.4 Å². The van der Waals surface area contributed by atoms with Gasteiger partial charge in [-0.25, -0.2) is 0 Å². The summed E-state index contributed by atoms with van der Waals surface area (Å²) in [5.41, 5.74) is 2.33. The normalized spacial score (nSPS) is 11.4. The summed E-state index contributed by atoms with van der Waals surface area (Å²) < 4.78 is 5.92. The van der Waals surface area contributed by atoms with Gasteiger partial charge in [0, 0.05) is 0 Å². The van der Waals surface area contributed by atoms with Crippen LogP contribution in [0.2, 0.25) is 0 Å². The molecule has 0 unspecified atom stereocenters. The van der Waals surface area contributed by atoms with Crippen molar-refractivity contribution in [2.75, 3.05) is 0 Å². The summed E-state index contributed by atoms with van der Waals surface area (Å²) in [6.07, 6.45) is 1.87. The molecule has 0 fully saturated rings. The quantitative estimate of drug-likeness (QED) is 0.769. The summed E-state index contributed by atoms with van der Waals surface area (Å²) in [7, 11) is 0.652. The Morgan fingerprint density at radius 3 is 2.33 bits per heavy atom. The second-order valence-electron chi connectivity index (χ2n) is 6.01. The number of ether oxygens (including phenoxy) is 1. The third-order valence-electron chi connectivity index (χ3n) is 3.10. The van der Waals surface area contributed by atoms with Gasteiger partial charge in [-0.15, -0.1) is 0 Å². The molecule has 0 saturated carbocycles. The SMILES string of the molecule is C=Cc1ccc([Si]c2ccccc2COC(C)(C)C)cc1. The van der Waals surface area contributed by atoms with Gasteiger partial charge < -0.3 is 4.74 Å². The molecule has 2 radical (unpaired) electrons. The van der Waals surface area contributed by atoms with Crippen molar-refractivity contribution in [3.63, 3.8) is 0 Å². The topological polar surface area (TPSA) is 9.23 Å². The molecule has 2 aromatic rings. The zero-order valence-electron chi connectivity index (χ0n) is 13.0. The van der Waals surface area contributed by atoms with Gasteiger partial charge in [0.15, 0.2) is 0 Å². The highest BCUT2D eigenvalue weighted by Gasteiger charge is 2.12. The third kappa shape index (κ3) is 4.99. The molecule has 0 saturated heterocycles. The minimum atomic E-state index is -0.109. The van der Waals surface area contributed by atoms with Gasteiger partial charge in [-0.1, -0.05) is 71.6 Å². The Balaban J connectivity index is 2.13. The molecule has 2 heteroatoms. The Kier molecular flexibility index (Phi) is 5.15. The van der Waals surface area contributed by atoms with Gasteiger partial charge in [0.1, 0.15) is 9.52 Å². The number of hydrogen-bond donors (Lipinski definition) is 0. The van der Waals surface area contributed by atoms with E-state index in [-0.39, 0.29) is 5.60 Å². The van der Waals surface area contributed by atoms with Crippen molar-refractivity contribution in [3.05, 3.63) is 66.2 Å². The van der Waals surface area contributed by atoms with Gasteiger partial charge in [0.05, 0.1) is 12.2 Å². The number of benzene rings is 2. The van der Waals surface area contributed by atoms with Crippen LogP contribution in [0.4, 0.5) is 0 Å². The van der Waals surface area contributed by atoms with Gasteiger partial charge in [0.25, 0.3) is 0 Å². The van der Waals surface area contributed by atoms with Crippen LogP contribution in [0.25, 0.3) is 6.08 Å². The van der Waals surface area contributed by atoms with Crippen molar-refractivity contribution >= 4 is 26.0 Å². The highest BCUT2D eigenvalue weighted by molar-refractivity contribution is 6.67. The van der Waals surface area contributed by atoms with Crippen molar-refractivity contribution in [3.8, 4) is 0 Å². The number of rotatable bonds is 5. The van der Waals surface area contributed by atoms with E-state index in [1.807, 2.05) is 6.08 Å². The van der Waals surface area contributed by atoms with Crippen molar-refractivity contribution in [1.82, 2.24) is 0 Å². The largest absolute Gasteiger partial charge is 0.371 e. The van der Waals surface area contributed by atoms with E-state index in [0.29, 0.717) is 16.1 Å². The van der Waals surface area contributed by atoms with Gasteiger partial charge in [0.2, 0.25) is 0 Å². The summed E-state index contributed by atoms with van der Waals surface area (Å²) in [6, 6.07) is 17.1. The van der Waals surface area contributed by atoms with E-state index in [1.54, 1.807) is 0 Å². The van der Waals surface area contributed by atoms with Crippen LogP contribution in [0, 0.1) is 0 Å². The molecule has 0 aliphatic carbocycles. The van der Waals surface area contributed by atoms with Gasteiger partial charge >= 0.3 is 0 Å². The first-order valence-corrected chi connectivity index (χ1v) is 8.19. The molecule has 0 atom stereocenters. The average molecular weight is 294 g/mol. The second kappa shape index (κ2) is 6.88. The van der Waals surface area contributed by atoms with E-state index in [4.69, 9.17) is 4.74 Å². The van der Waals surface area contributed by atoms with E-state index >= 15 is 0 Å². The van der Waals surface area contributed by atoms with Crippen LogP contribution in [0.3, 0.4) is 0 Å². The summed E-state index contributed by atoms with van der Waals surface area (Å²) >= 11 is 0. The Labute approximate surface area is 130 Å². The van der Waals surface area contributed by atoms with E-state index in [9.17, 15) is 0 Å². The molecule has 0 aliphatic heterocycles. The van der Waals surface area contributed by atoms with Crippen LogP contribution in [0.1, 0.15) is 31.9 Å². The molecular formula is C19H22OSi. The van der Waals surface area contributed by atoms with Gasteiger partial charge in [-0.05, 0) is 31.9 Å². The van der Waals surface area contributed by atoms with Crippen LogP contribution in [0.15, 0.2) is 55.1 Å². The Morgan fingerprint density at radius 2 is 1.71 bits per heavy atom. The Morgan fingerprint density at radius 1 is 1.05 bits per heavy atom. The fraction of sp³-hybridized carbons (Fsp3) is 0.263. The monoisotopic (exact) mass is 294 g/mol. The summed E-state index contributed by atoms with van der Waals surface area (Å²) in [6.45, 7) is 10.7. The van der Waals surface area contributed by atoms with Crippen molar-refractivity contribution in [2.24, 2.45) is 0 Å². The molecule has 21 heavy (non-hydrogen) atoms. The molecule has 2 rings (SSSR count). The van der Waals surface area contributed by atoms with Gasteiger partial charge in [-0.3, -0.25) is 0 Å². The minimum absolute atomic E-state index is 0.109. The molecule has 2 aromatic carbocycles. The Hall–Kier alpha value is -1.64. The smallest absolute Gasteiger partial charge is 0.122 e. The molecule has 0 aromatic heterocycles. The lowest BCUT2D eigenvalue weighted by Crippen LogP contribution is -2.31. The Bertz CT molecular complexity index is 594. The summed E-state index contributed by atoms with van der Waals surface area (Å²) in [5.74, 6) is 0. The molecule has 0 aliphatic rings. The molecular weight excluding hydrogens is 272 g/mol. The number of hydrogen-bond acceptors (Lipinski definition) is 1. The predicted molar refractivity (Wildman–Crippen MR) is 92.5 cm³/mol. The lowest BCUT2D eigenvalue weighted by Gasteiger charge is -2.20. The molecule has 0 heterocycles. The van der Waals surface area contributed by atoms with Crippen LogP contribution in [-0.4, -0.2) is 15.1 Å². The maximum absolute atomic E-state index is 5.92. The summed E-state index contributed by atoms with van der Waals surface area (Å²) in [5, 5.41) is 2.69. The summed E-state index contributed by atoms with van der Waals surface area (Å²) in [4.78, 5) is 0. The van der Waals surface area contributed by atoms with Crippen LogP contribution in [0.5, 0.6) is 0 Å². The highest BCUT2D eigenvalue weighted by Crippen LogP contribution is 2.10. The zero-order chi connectivity index (χ0) is 15.3. The maximum Gasteiger partial charge on any atom is 0.122 e. The predicted octanol–water partition coefficient (Wildman–Crippen LogP) is 3.30. The molecule has 108 valence electrons. The van der Waals surface area contributed by atoms with E-state index in [2.05, 4.69) is 75.9 Å². The van der Waals surface area contributed by atoms with Crippen molar-refractivity contribution < 1.29 is 4.74 Å². The van der Waals surface area contributed by atoms with E-state index < -0.39 is 0 Å². The zero-order valence-corrected chi connectivity index (χ0v) is 14.0. The van der Waals surface area contributed by atoms with Crippen molar-refractivity contribution in [1.29, 1.82) is 0 Å². The maximum atomic E-state index is 5.92. The third-order valence-corrected chi connectivity index (χ3v) is 4.48. The van der Waals surface area contributed by atoms with Crippen LogP contribution in [-0.2, 0) is 11.3 Å².